The molecule has 5 heteroatoms. The van der Waals surface area contributed by atoms with Gasteiger partial charge in [0.05, 0.1) is 11.6 Å². The summed E-state index contributed by atoms with van der Waals surface area (Å²) >= 11 is 3.50. The van der Waals surface area contributed by atoms with Crippen molar-refractivity contribution in [1.82, 2.24) is 9.97 Å². The molecule has 0 fully saturated rings. The molecule has 1 aromatic carbocycles. The largest absolute Gasteiger partial charge is 0.496 e. The van der Waals surface area contributed by atoms with E-state index in [9.17, 15) is 0 Å². The first-order chi connectivity index (χ1) is 10.1. The lowest BCUT2D eigenvalue weighted by molar-refractivity contribution is 0.412. The topological polar surface area (TPSA) is 47.0 Å². The van der Waals surface area contributed by atoms with Crippen LogP contribution in [0.3, 0.4) is 0 Å². The summed E-state index contributed by atoms with van der Waals surface area (Å²) in [6, 6.07) is 6.10. The van der Waals surface area contributed by atoms with Crippen LogP contribution >= 0.6 is 15.9 Å². The Kier molecular flexibility index (Phi) is 5.56. The van der Waals surface area contributed by atoms with Crippen molar-refractivity contribution in [2.24, 2.45) is 0 Å². The number of anilines is 1. The molecule has 21 heavy (non-hydrogen) atoms. The van der Waals surface area contributed by atoms with E-state index >= 15 is 0 Å². The molecule has 2 aromatic rings. The number of rotatable bonds is 6. The third-order valence-electron chi connectivity index (χ3n) is 3.25. The minimum absolute atomic E-state index is 0.454. The first-order valence-corrected chi connectivity index (χ1v) is 7.77. The Morgan fingerprint density at radius 2 is 1.95 bits per heavy atom. The van der Waals surface area contributed by atoms with Gasteiger partial charge in [0.2, 0.25) is 5.95 Å². The van der Waals surface area contributed by atoms with E-state index in [0.29, 0.717) is 11.9 Å². The van der Waals surface area contributed by atoms with Crippen molar-refractivity contribution < 1.29 is 4.74 Å². The number of hydrogen-bond donors (Lipinski definition) is 1. The van der Waals surface area contributed by atoms with E-state index in [1.54, 1.807) is 7.11 Å². The molecule has 112 valence electrons. The summed E-state index contributed by atoms with van der Waals surface area (Å²) in [5, 5.41) is 3.24. The molecule has 1 heterocycles. The highest BCUT2D eigenvalue weighted by atomic mass is 79.9. The van der Waals surface area contributed by atoms with E-state index in [2.05, 4.69) is 57.2 Å². The Bertz CT molecular complexity index is 585. The SMILES string of the molecule is COc1ccc(CCNc2ncc(C(C)C)cn2)cc1Br. The van der Waals surface area contributed by atoms with Gasteiger partial charge < -0.3 is 10.1 Å². The van der Waals surface area contributed by atoms with Gasteiger partial charge in [-0.1, -0.05) is 19.9 Å². The van der Waals surface area contributed by atoms with Gasteiger partial charge in [0.1, 0.15) is 5.75 Å². The van der Waals surface area contributed by atoms with Gasteiger partial charge in [-0.25, -0.2) is 9.97 Å². The molecule has 4 nitrogen and oxygen atoms in total. The molecule has 0 amide bonds. The molecule has 2 rings (SSSR count). The Balaban J connectivity index is 1.87. The maximum absolute atomic E-state index is 5.22. The molecule has 0 saturated carbocycles. The maximum Gasteiger partial charge on any atom is 0.222 e. The van der Waals surface area contributed by atoms with Crippen LogP contribution in [0.1, 0.15) is 30.9 Å². The zero-order valence-corrected chi connectivity index (χ0v) is 14.1. The van der Waals surface area contributed by atoms with Crippen LogP contribution in [0.25, 0.3) is 0 Å². The Labute approximate surface area is 134 Å². The van der Waals surface area contributed by atoms with E-state index in [4.69, 9.17) is 4.74 Å². The van der Waals surface area contributed by atoms with E-state index in [1.165, 1.54) is 5.56 Å². The summed E-state index contributed by atoms with van der Waals surface area (Å²) in [6.07, 6.45) is 4.66. The van der Waals surface area contributed by atoms with E-state index in [-0.39, 0.29) is 0 Å². The fourth-order valence-corrected chi connectivity index (χ4v) is 2.50. The molecule has 0 saturated heterocycles. The molecule has 0 radical (unpaired) electrons. The molecular weight excluding hydrogens is 330 g/mol. The first-order valence-electron chi connectivity index (χ1n) is 6.98. The van der Waals surface area contributed by atoms with Crippen LogP contribution in [0.2, 0.25) is 0 Å². The third kappa shape index (κ3) is 4.43. The predicted molar refractivity (Wildman–Crippen MR) is 89.0 cm³/mol. The predicted octanol–water partition coefficient (Wildman–Crippen LogP) is 4.03. The van der Waals surface area contributed by atoms with Gasteiger partial charge in [-0.3, -0.25) is 0 Å². The average Bonchev–Trinajstić information content (AvgIpc) is 2.48. The van der Waals surface area contributed by atoms with Crippen LogP contribution in [0.15, 0.2) is 35.1 Å². The van der Waals surface area contributed by atoms with Crippen LogP contribution in [-0.2, 0) is 6.42 Å². The van der Waals surface area contributed by atoms with Crippen molar-refractivity contribution in [2.45, 2.75) is 26.2 Å². The van der Waals surface area contributed by atoms with Crippen molar-refractivity contribution in [3.8, 4) is 5.75 Å². The first kappa shape index (κ1) is 15.8. The molecule has 0 spiro atoms. The quantitative estimate of drug-likeness (QED) is 0.855. The van der Waals surface area contributed by atoms with Crippen molar-refractivity contribution in [3.05, 3.63) is 46.2 Å². The van der Waals surface area contributed by atoms with E-state index in [1.807, 2.05) is 18.5 Å². The summed E-state index contributed by atoms with van der Waals surface area (Å²) in [7, 11) is 1.67. The highest BCUT2D eigenvalue weighted by molar-refractivity contribution is 9.10. The van der Waals surface area contributed by atoms with Crippen LogP contribution in [0.5, 0.6) is 5.75 Å². The van der Waals surface area contributed by atoms with Crippen molar-refractivity contribution in [1.29, 1.82) is 0 Å². The Morgan fingerprint density at radius 3 is 2.52 bits per heavy atom. The molecule has 0 aliphatic rings. The monoisotopic (exact) mass is 349 g/mol. The van der Waals surface area contributed by atoms with Gasteiger partial charge in [-0.2, -0.15) is 0 Å². The third-order valence-corrected chi connectivity index (χ3v) is 3.87. The van der Waals surface area contributed by atoms with Crippen LogP contribution in [0.4, 0.5) is 5.95 Å². The molecule has 1 N–H and O–H groups in total. The molecule has 0 aliphatic heterocycles. The van der Waals surface area contributed by atoms with Crippen LogP contribution < -0.4 is 10.1 Å². The molecule has 0 aliphatic carbocycles. The second-order valence-electron chi connectivity index (χ2n) is 5.14. The molecule has 0 unspecified atom stereocenters. The summed E-state index contributed by atoms with van der Waals surface area (Å²) in [6.45, 7) is 5.06. The summed E-state index contributed by atoms with van der Waals surface area (Å²) < 4.78 is 6.19. The van der Waals surface area contributed by atoms with Gasteiger partial charge >= 0.3 is 0 Å². The smallest absolute Gasteiger partial charge is 0.222 e. The second-order valence-corrected chi connectivity index (χ2v) is 5.99. The number of benzene rings is 1. The number of nitrogens with zero attached hydrogens (tertiary/aromatic N) is 2. The van der Waals surface area contributed by atoms with Crippen LogP contribution in [0, 0.1) is 0 Å². The van der Waals surface area contributed by atoms with Crippen molar-refractivity contribution >= 4 is 21.9 Å². The lowest BCUT2D eigenvalue weighted by atomic mass is 10.1. The molecule has 1 aromatic heterocycles. The fourth-order valence-electron chi connectivity index (χ4n) is 1.91. The number of halogens is 1. The molecule has 0 bridgehead atoms. The zero-order chi connectivity index (χ0) is 15.2. The van der Waals surface area contributed by atoms with E-state index < -0.39 is 0 Å². The number of ether oxygens (including phenoxy) is 1. The number of nitrogens with one attached hydrogen (secondary N) is 1. The summed E-state index contributed by atoms with van der Waals surface area (Å²) in [4.78, 5) is 8.65. The molecular formula is C16H20BrN3O. The lowest BCUT2D eigenvalue weighted by Gasteiger charge is -2.08. The van der Waals surface area contributed by atoms with E-state index in [0.717, 1.165) is 28.8 Å². The number of hydrogen-bond acceptors (Lipinski definition) is 4. The van der Waals surface area contributed by atoms with Gasteiger partial charge in [0.15, 0.2) is 0 Å². The standard InChI is InChI=1S/C16H20BrN3O/c1-11(2)13-9-19-16(20-10-13)18-7-6-12-4-5-15(21-3)14(17)8-12/h4-5,8-11H,6-7H2,1-3H3,(H,18,19,20). The zero-order valence-electron chi connectivity index (χ0n) is 12.6. The Morgan fingerprint density at radius 1 is 1.24 bits per heavy atom. The summed E-state index contributed by atoms with van der Waals surface area (Å²) in [5.41, 5.74) is 2.38. The fraction of sp³-hybridized carbons (Fsp3) is 0.375. The highest BCUT2D eigenvalue weighted by Crippen LogP contribution is 2.25. The maximum atomic E-state index is 5.22. The molecule has 0 atom stereocenters. The normalized spacial score (nSPS) is 10.7. The van der Waals surface area contributed by atoms with Gasteiger partial charge in [-0.05, 0) is 51.5 Å². The number of aromatic nitrogens is 2. The minimum Gasteiger partial charge on any atom is -0.496 e. The van der Waals surface area contributed by atoms with Crippen LogP contribution in [-0.4, -0.2) is 23.6 Å². The lowest BCUT2D eigenvalue weighted by Crippen LogP contribution is -2.08. The average molecular weight is 350 g/mol. The van der Waals surface area contributed by atoms with Gasteiger partial charge in [0, 0.05) is 18.9 Å². The Hall–Kier alpha value is -1.62. The van der Waals surface area contributed by atoms with Gasteiger partial charge in [-0.15, -0.1) is 0 Å². The highest BCUT2D eigenvalue weighted by Gasteiger charge is 2.03. The van der Waals surface area contributed by atoms with Crippen molar-refractivity contribution in [2.75, 3.05) is 19.0 Å². The summed E-state index contributed by atoms with van der Waals surface area (Å²) in [5.74, 6) is 1.97. The van der Waals surface area contributed by atoms with Crippen molar-refractivity contribution in [3.63, 3.8) is 0 Å². The van der Waals surface area contributed by atoms with Gasteiger partial charge in [0.25, 0.3) is 0 Å². The minimum atomic E-state index is 0.454. The number of methoxy groups -OCH3 is 1. The second kappa shape index (κ2) is 7.41.